The second-order valence-corrected chi connectivity index (χ2v) is 3.84. The molecule has 6 heteroatoms. The number of nitrogens with two attached hydrogens (primary N) is 1. The van der Waals surface area contributed by atoms with E-state index >= 15 is 0 Å². The monoisotopic (exact) mass is 256 g/mol. The Bertz CT molecular complexity index is 406. The first kappa shape index (κ1) is 14.4. The van der Waals surface area contributed by atoms with Crippen molar-refractivity contribution < 1.29 is 19.0 Å². The third-order valence-electron chi connectivity index (χ3n) is 2.48. The summed E-state index contributed by atoms with van der Waals surface area (Å²) in [4.78, 5) is 11.9. The molecule has 0 radical (unpaired) electrons. The Labute approximate surface area is 105 Å². The molecular formula is C12H17FN2O3. The Morgan fingerprint density at radius 3 is 2.94 bits per heavy atom. The second-order valence-electron chi connectivity index (χ2n) is 3.84. The molecule has 0 aliphatic rings. The standard InChI is InChI=1S/C12H17FN2O3/c1-18-7-8(5-6-16)15-12(17)9-3-2-4-10(13)11(9)14/h2-4,8,16H,5-7,14H2,1H3,(H,15,17). The lowest BCUT2D eigenvalue weighted by Crippen LogP contribution is -2.39. The van der Waals surface area contributed by atoms with Gasteiger partial charge in [-0.25, -0.2) is 4.39 Å². The summed E-state index contributed by atoms with van der Waals surface area (Å²) < 4.78 is 18.1. The summed E-state index contributed by atoms with van der Waals surface area (Å²) in [6.07, 6.45) is 0.356. The van der Waals surface area contributed by atoms with E-state index in [-0.39, 0.29) is 30.5 Å². The van der Waals surface area contributed by atoms with Crippen LogP contribution in [0.2, 0.25) is 0 Å². The van der Waals surface area contributed by atoms with Crippen molar-refractivity contribution in [2.45, 2.75) is 12.5 Å². The van der Waals surface area contributed by atoms with Crippen LogP contribution in [0.25, 0.3) is 0 Å². The third-order valence-corrected chi connectivity index (χ3v) is 2.48. The Balaban J connectivity index is 2.77. The van der Waals surface area contributed by atoms with E-state index in [1.807, 2.05) is 0 Å². The number of rotatable bonds is 6. The predicted molar refractivity (Wildman–Crippen MR) is 65.6 cm³/mol. The molecule has 0 saturated carbocycles. The molecule has 1 unspecified atom stereocenters. The summed E-state index contributed by atoms with van der Waals surface area (Å²) in [6, 6.07) is 3.70. The number of nitrogen functional groups attached to an aromatic ring is 1. The van der Waals surface area contributed by atoms with E-state index in [0.717, 1.165) is 0 Å². The molecule has 18 heavy (non-hydrogen) atoms. The largest absolute Gasteiger partial charge is 0.396 e. The number of hydrogen-bond donors (Lipinski definition) is 3. The minimum Gasteiger partial charge on any atom is -0.396 e. The maximum absolute atomic E-state index is 13.2. The van der Waals surface area contributed by atoms with Crippen LogP contribution in [-0.4, -0.2) is 37.4 Å². The van der Waals surface area contributed by atoms with Gasteiger partial charge in [0.1, 0.15) is 5.82 Å². The smallest absolute Gasteiger partial charge is 0.253 e. The molecule has 5 nitrogen and oxygen atoms in total. The zero-order valence-electron chi connectivity index (χ0n) is 10.1. The summed E-state index contributed by atoms with van der Waals surface area (Å²) in [5.41, 5.74) is 5.38. The minimum atomic E-state index is -0.631. The van der Waals surface area contributed by atoms with Crippen molar-refractivity contribution in [3.8, 4) is 0 Å². The van der Waals surface area contributed by atoms with Gasteiger partial charge in [-0.05, 0) is 18.6 Å². The molecule has 0 aromatic heterocycles. The van der Waals surface area contributed by atoms with Gasteiger partial charge in [0.15, 0.2) is 0 Å². The van der Waals surface area contributed by atoms with Gasteiger partial charge in [-0.1, -0.05) is 6.07 Å². The number of anilines is 1. The first-order valence-electron chi connectivity index (χ1n) is 5.54. The summed E-state index contributed by atoms with van der Waals surface area (Å²) in [5.74, 6) is -1.12. The Morgan fingerprint density at radius 1 is 1.61 bits per heavy atom. The molecule has 0 fully saturated rings. The number of amides is 1. The summed E-state index contributed by atoms with van der Waals surface area (Å²) in [6.45, 7) is 0.189. The molecule has 1 atom stereocenters. The summed E-state index contributed by atoms with van der Waals surface area (Å²) >= 11 is 0. The van der Waals surface area contributed by atoms with Crippen molar-refractivity contribution >= 4 is 11.6 Å². The molecule has 1 amide bonds. The Kier molecular flexibility index (Phi) is 5.54. The number of hydrogen-bond acceptors (Lipinski definition) is 4. The molecule has 0 heterocycles. The van der Waals surface area contributed by atoms with Gasteiger partial charge in [-0.15, -0.1) is 0 Å². The maximum Gasteiger partial charge on any atom is 0.253 e. The third kappa shape index (κ3) is 3.68. The van der Waals surface area contributed by atoms with Crippen molar-refractivity contribution in [1.82, 2.24) is 5.32 Å². The normalized spacial score (nSPS) is 12.2. The first-order valence-corrected chi connectivity index (χ1v) is 5.54. The Hall–Kier alpha value is -1.66. The van der Waals surface area contributed by atoms with Crippen LogP contribution in [0.4, 0.5) is 10.1 Å². The highest BCUT2D eigenvalue weighted by molar-refractivity contribution is 5.99. The number of para-hydroxylation sites is 1. The topological polar surface area (TPSA) is 84.6 Å². The number of carbonyl (C=O) groups is 1. The quantitative estimate of drug-likeness (QED) is 0.648. The van der Waals surface area contributed by atoms with Crippen LogP contribution in [0.5, 0.6) is 0 Å². The van der Waals surface area contributed by atoms with Crippen molar-refractivity contribution in [2.75, 3.05) is 26.1 Å². The molecule has 0 spiro atoms. The fraction of sp³-hybridized carbons (Fsp3) is 0.417. The van der Waals surface area contributed by atoms with Gasteiger partial charge in [0.05, 0.1) is 23.9 Å². The van der Waals surface area contributed by atoms with Crippen LogP contribution in [-0.2, 0) is 4.74 Å². The maximum atomic E-state index is 13.2. The fourth-order valence-corrected chi connectivity index (χ4v) is 1.55. The predicted octanol–water partition coefficient (Wildman–Crippen LogP) is 0.535. The number of aliphatic hydroxyl groups excluding tert-OH is 1. The van der Waals surface area contributed by atoms with Crippen LogP contribution < -0.4 is 11.1 Å². The van der Waals surface area contributed by atoms with Gasteiger partial charge in [0.2, 0.25) is 0 Å². The number of nitrogens with one attached hydrogen (secondary N) is 1. The molecule has 1 aromatic carbocycles. The van der Waals surface area contributed by atoms with Crippen molar-refractivity contribution in [3.63, 3.8) is 0 Å². The molecule has 1 rings (SSSR count). The summed E-state index contributed by atoms with van der Waals surface area (Å²) in [5, 5.41) is 11.5. The molecule has 0 aliphatic heterocycles. The molecule has 100 valence electrons. The van der Waals surface area contributed by atoms with E-state index in [1.165, 1.54) is 25.3 Å². The first-order chi connectivity index (χ1) is 8.60. The number of methoxy groups -OCH3 is 1. The lowest BCUT2D eigenvalue weighted by atomic mass is 10.1. The molecule has 0 saturated heterocycles. The minimum absolute atomic E-state index is 0.0764. The average Bonchev–Trinajstić information content (AvgIpc) is 2.33. The van der Waals surface area contributed by atoms with E-state index < -0.39 is 11.7 Å². The average molecular weight is 256 g/mol. The van der Waals surface area contributed by atoms with Gasteiger partial charge in [0.25, 0.3) is 5.91 Å². The zero-order valence-corrected chi connectivity index (χ0v) is 10.1. The van der Waals surface area contributed by atoms with E-state index in [0.29, 0.717) is 6.42 Å². The second kappa shape index (κ2) is 6.93. The van der Waals surface area contributed by atoms with E-state index in [9.17, 15) is 9.18 Å². The van der Waals surface area contributed by atoms with Crippen LogP contribution in [0.15, 0.2) is 18.2 Å². The fourth-order valence-electron chi connectivity index (χ4n) is 1.55. The van der Waals surface area contributed by atoms with Crippen LogP contribution in [0, 0.1) is 5.82 Å². The highest BCUT2D eigenvalue weighted by Crippen LogP contribution is 2.15. The molecular weight excluding hydrogens is 239 g/mol. The van der Waals surface area contributed by atoms with E-state index in [2.05, 4.69) is 5.32 Å². The highest BCUT2D eigenvalue weighted by Gasteiger charge is 2.16. The van der Waals surface area contributed by atoms with Gasteiger partial charge >= 0.3 is 0 Å². The number of carbonyl (C=O) groups excluding carboxylic acids is 1. The number of halogens is 1. The SMILES string of the molecule is COCC(CCO)NC(=O)c1cccc(F)c1N. The van der Waals surface area contributed by atoms with Gasteiger partial charge < -0.3 is 20.9 Å². The zero-order chi connectivity index (χ0) is 13.5. The van der Waals surface area contributed by atoms with Gasteiger partial charge in [-0.2, -0.15) is 0 Å². The Morgan fingerprint density at radius 2 is 2.33 bits per heavy atom. The van der Waals surface area contributed by atoms with Crippen LogP contribution >= 0.6 is 0 Å². The van der Waals surface area contributed by atoms with E-state index in [1.54, 1.807) is 0 Å². The number of aliphatic hydroxyl groups is 1. The van der Waals surface area contributed by atoms with Crippen molar-refractivity contribution in [3.05, 3.63) is 29.6 Å². The number of benzene rings is 1. The highest BCUT2D eigenvalue weighted by atomic mass is 19.1. The van der Waals surface area contributed by atoms with Crippen LogP contribution in [0.3, 0.4) is 0 Å². The summed E-state index contributed by atoms with van der Waals surface area (Å²) in [7, 11) is 1.49. The molecule has 0 aliphatic carbocycles. The van der Waals surface area contributed by atoms with Gasteiger partial charge in [0, 0.05) is 13.7 Å². The van der Waals surface area contributed by atoms with E-state index in [4.69, 9.17) is 15.6 Å². The number of ether oxygens (including phenoxy) is 1. The van der Waals surface area contributed by atoms with Crippen molar-refractivity contribution in [1.29, 1.82) is 0 Å². The molecule has 0 bridgehead atoms. The van der Waals surface area contributed by atoms with Crippen LogP contribution in [0.1, 0.15) is 16.8 Å². The lowest BCUT2D eigenvalue weighted by molar-refractivity contribution is 0.0879. The van der Waals surface area contributed by atoms with Gasteiger partial charge in [-0.3, -0.25) is 4.79 Å². The molecule has 1 aromatic rings. The van der Waals surface area contributed by atoms with Crippen molar-refractivity contribution in [2.24, 2.45) is 0 Å². The molecule has 4 N–H and O–H groups in total. The lowest BCUT2D eigenvalue weighted by Gasteiger charge is -2.17.